The van der Waals surface area contributed by atoms with Crippen molar-refractivity contribution in [1.82, 2.24) is 4.98 Å². The maximum absolute atomic E-state index is 5.79. The van der Waals surface area contributed by atoms with Crippen LogP contribution in [0.25, 0.3) is 0 Å². The molecule has 0 saturated carbocycles. The minimum atomic E-state index is -0.00519. The van der Waals surface area contributed by atoms with Gasteiger partial charge in [0, 0.05) is 19.1 Å². The zero-order valence-corrected chi connectivity index (χ0v) is 11.9. The predicted octanol–water partition coefficient (Wildman–Crippen LogP) is 2.97. The first-order valence-corrected chi connectivity index (χ1v) is 6.18. The zero-order chi connectivity index (χ0) is 13.2. The molecule has 0 aliphatic rings. The van der Waals surface area contributed by atoms with Gasteiger partial charge in [-0.1, -0.05) is 20.8 Å². The highest BCUT2D eigenvalue weighted by atomic mass is 15.1. The summed E-state index contributed by atoms with van der Waals surface area (Å²) in [6.45, 7) is 10.9. The molecule has 0 aliphatic carbocycles. The summed E-state index contributed by atoms with van der Waals surface area (Å²) in [5, 5.41) is 0. The molecule has 2 N–H and O–H groups in total. The lowest BCUT2D eigenvalue weighted by atomic mass is 9.87. The lowest BCUT2D eigenvalue weighted by Gasteiger charge is -2.36. The molecule has 96 valence electrons. The van der Waals surface area contributed by atoms with Gasteiger partial charge in [-0.25, -0.2) is 0 Å². The van der Waals surface area contributed by atoms with E-state index in [0.717, 1.165) is 11.4 Å². The predicted molar refractivity (Wildman–Crippen MR) is 74.2 cm³/mol. The summed E-state index contributed by atoms with van der Waals surface area (Å²) in [5.74, 6) is 0. The van der Waals surface area contributed by atoms with Gasteiger partial charge in [0.25, 0.3) is 0 Å². The topological polar surface area (TPSA) is 42.1 Å². The van der Waals surface area contributed by atoms with Crippen LogP contribution in [0.1, 0.15) is 46.4 Å². The van der Waals surface area contributed by atoms with Gasteiger partial charge < -0.3 is 10.6 Å². The molecule has 0 radical (unpaired) electrons. The molecule has 1 aromatic rings. The van der Waals surface area contributed by atoms with Gasteiger partial charge in [0.15, 0.2) is 0 Å². The molecule has 3 heteroatoms. The van der Waals surface area contributed by atoms with Crippen molar-refractivity contribution in [2.24, 2.45) is 11.1 Å². The largest absolute Gasteiger partial charge is 0.370 e. The maximum Gasteiger partial charge on any atom is 0.0569 e. The van der Waals surface area contributed by atoms with Gasteiger partial charge in [0.05, 0.1) is 17.6 Å². The average molecular weight is 235 g/mol. The number of anilines is 1. The van der Waals surface area contributed by atoms with Crippen molar-refractivity contribution >= 4 is 5.69 Å². The number of nitrogens with two attached hydrogens (primary N) is 1. The van der Waals surface area contributed by atoms with E-state index in [1.54, 1.807) is 0 Å². The highest BCUT2D eigenvalue weighted by Gasteiger charge is 2.24. The Balaban J connectivity index is 2.87. The Labute approximate surface area is 105 Å². The number of rotatable bonds is 3. The summed E-state index contributed by atoms with van der Waals surface area (Å²) in [5.41, 5.74) is 8.11. The normalized spacial score (nSPS) is 15.5. The summed E-state index contributed by atoms with van der Waals surface area (Å²) < 4.78 is 0. The molecule has 3 nitrogen and oxygen atoms in total. The molecule has 1 rings (SSSR count). The molecule has 0 aromatic carbocycles. The first-order valence-electron chi connectivity index (χ1n) is 6.18. The maximum atomic E-state index is 5.79. The highest BCUT2D eigenvalue weighted by molar-refractivity contribution is 5.45. The van der Waals surface area contributed by atoms with Crippen LogP contribution in [-0.2, 0) is 0 Å². The van der Waals surface area contributed by atoms with E-state index in [0.29, 0.717) is 6.04 Å². The van der Waals surface area contributed by atoms with Crippen molar-refractivity contribution in [2.75, 3.05) is 11.9 Å². The minimum Gasteiger partial charge on any atom is -0.370 e. The third-order valence-electron chi connectivity index (χ3n) is 3.48. The van der Waals surface area contributed by atoms with Crippen molar-refractivity contribution in [1.29, 1.82) is 0 Å². The summed E-state index contributed by atoms with van der Waals surface area (Å²) in [7, 11) is 2.11. The lowest BCUT2D eigenvalue weighted by Crippen LogP contribution is -2.39. The summed E-state index contributed by atoms with van der Waals surface area (Å²) in [6.07, 6.45) is 1.90. The van der Waals surface area contributed by atoms with Crippen molar-refractivity contribution in [2.45, 2.75) is 46.7 Å². The van der Waals surface area contributed by atoms with Gasteiger partial charge in [-0.2, -0.15) is 0 Å². The molecule has 0 bridgehead atoms. The van der Waals surface area contributed by atoms with Gasteiger partial charge in [-0.3, -0.25) is 4.98 Å². The lowest BCUT2D eigenvalue weighted by molar-refractivity contribution is 0.329. The molecule has 0 aliphatic heterocycles. The fourth-order valence-corrected chi connectivity index (χ4v) is 1.68. The smallest absolute Gasteiger partial charge is 0.0569 e. The van der Waals surface area contributed by atoms with E-state index in [1.165, 1.54) is 0 Å². The Bertz CT molecular complexity index is 349. The van der Waals surface area contributed by atoms with E-state index >= 15 is 0 Å². The molecule has 2 atom stereocenters. The SMILES string of the molecule is CC(N(C)c1ccc([C@H](C)N)nc1)C(C)(C)C. The number of nitrogens with zero attached hydrogens (tertiary/aromatic N) is 2. The molecule has 1 heterocycles. The van der Waals surface area contributed by atoms with Crippen LogP contribution in [0.4, 0.5) is 5.69 Å². The second kappa shape index (κ2) is 5.05. The Morgan fingerprint density at radius 1 is 1.24 bits per heavy atom. The van der Waals surface area contributed by atoms with Crippen LogP contribution in [0.2, 0.25) is 0 Å². The number of aromatic nitrogens is 1. The van der Waals surface area contributed by atoms with Crippen molar-refractivity contribution in [3.05, 3.63) is 24.0 Å². The van der Waals surface area contributed by atoms with Crippen molar-refractivity contribution < 1.29 is 0 Å². The van der Waals surface area contributed by atoms with Gasteiger partial charge in [0.2, 0.25) is 0 Å². The van der Waals surface area contributed by atoms with Gasteiger partial charge in [0.1, 0.15) is 0 Å². The van der Waals surface area contributed by atoms with Crippen LogP contribution in [0.15, 0.2) is 18.3 Å². The first-order chi connectivity index (χ1) is 7.73. The zero-order valence-electron chi connectivity index (χ0n) is 11.9. The molecule has 0 spiro atoms. The van der Waals surface area contributed by atoms with Crippen LogP contribution in [-0.4, -0.2) is 18.1 Å². The Kier molecular flexibility index (Phi) is 4.15. The third-order valence-corrected chi connectivity index (χ3v) is 3.48. The Morgan fingerprint density at radius 3 is 2.18 bits per heavy atom. The van der Waals surface area contributed by atoms with Crippen LogP contribution in [0.3, 0.4) is 0 Å². The summed E-state index contributed by atoms with van der Waals surface area (Å²) in [4.78, 5) is 6.66. The monoisotopic (exact) mass is 235 g/mol. The molecule has 1 aromatic heterocycles. The minimum absolute atomic E-state index is 0.00519. The number of pyridine rings is 1. The highest BCUT2D eigenvalue weighted by Crippen LogP contribution is 2.27. The van der Waals surface area contributed by atoms with E-state index in [-0.39, 0.29) is 11.5 Å². The standard InChI is InChI=1S/C14H25N3/c1-10(15)13-8-7-12(9-16-13)17(6)11(2)14(3,4)5/h7-11H,15H2,1-6H3/t10-,11?/m0/s1. The second-order valence-corrected chi connectivity index (χ2v) is 5.88. The van der Waals surface area contributed by atoms with E-state index in [4.69, 9.17) is 5.73 Å². The van der Waals surface area contributed by atoms with Gasteiger partial charge >= 0.3 is 0 Å². The Hall–Kier alpha value is -1.09. The van der Waals surface area contributed by atoms with Crippen molar-refractivity contribution in [3.8, 4) is 0 Å². The third kappa shape index (κ3) is 3.43. The molecule has 1 unspecified atom stereocenters. The van der Waals surface area contributed by atoms with E-state index < -0.39 is 0 Å². The van der Waals surface area contributed by atoms with Crippen LogP contribution >= 0.6 is 0 Å². The molecule has 17 heavy (non-hydrogen) atoms. The second-order valence-electron chi connectivity index (χ2n) is 5.88. The van der Waals surface area contributed by atoms with Crippen LogP contribution in [0.5, 0.6) is 0 Å². The van der Waals surface area contributed by atoms with Crippen LogP contribution < -0.4 is 10.6 Å². The van der Waals surface area contributed by atoms with Crippen molar-refractivity contribution in [3.63, 3.8) is 0 Å². The fraction of sp³-hybridized carbons (Fsp3) is 0.643. The summed E-state index contributed by atoms with van der Waals surface area (Å²) in [6, 6.07) is 4.54. The molecule has 0 amide bonds. The molecule has 0 saturated heterocycles. The van der Waals surface area contributed by atoms with E-state index in [2.05, 4.69) is 50.7 Å². The first kappa shape index (κ1) is 14.0. The molecular formula is C14H25N3. The molecular weight excluding hydrogens is 210 g/mol. The number of hydrogen-bond donors (Lipinski definition) is 1. The average Bonchev–Trinajstić information content (AvgIpc) is 2.26. The van der Waals surface area contributed by atoms with Crippen LogP contribution in [0, 0.1) is 5.41 Å². The van der Waals surface area contributed by atoms with Gasteiger partial charge in [-0.15, -0.1) is 0 Å². The number of hydrogen-bond acceptors (Lipinski definition) is 3. The van der Waals surface area contributed by atoms with E-state index in [9.17, 15) is 0 Å². The van der Waals surface area contributed by atoms with Gasteiger partial charge in [-0.05, 0) is 31.4 Å². The van der Waals surface area contributed by atoms with E-state index in [1.807, 2.05) is 19.2 Å². The molecule has 0 fully saturated rings. The summed E-state index contributed by atoms with van der Waals surface area (Å²) >= 11 is 0. The fourth-order valence-electron chi connectivity index (χ4n) is 1.68. The Morgan fingerprint density at radius 2 is 1.82 bits per heavy atom. The quantitative estimate of drug-likeness (QED) is 0.875.